The lowest BCUT2D eigenvalue weighted by Gasteiger charge is -2.35. The van der Waals surface area contributed by atoms with Gasteiger partial charge in [0, 0.05) is 13.1 Å². The zero-order chi connectivity index (χ0) is 12.5. The van der Waals surface area contributed by atoms with Crippen LogP contribution in [0.15, 0.2) is 4.52 Å². The number of aryl methyl sites for hydroxylation is 1. The minimum absolute atomic E-state index is 0.0626. The Hall–Kier alpha value is -0.950. The maximum absolute atomic E-state index is 11.8. The minimum atomic E-state index is -3.08. The first kappa shape index (κ1) is 12.5. The lowest BCUT2D eigenvalue weighted by molar-refractivity contribution is 0.216. The number of aromatic nitrogens is 2. The SMILES string of the molecule is CCCCS(=O)(=O)N1CC(c2nc(C)no2)C1. The lowest BCUT2D eigenvalue weighted by Crippen LogP contribution is -2.49. The fraction of sp³-hybridized carbons (Fsp3) is 0.800. The molecule has 0 atom stereocenters. The van der Waals surface area contributed by atoms with Crippen molar-refractivity contribution in [1.29, 1.82) is 0 Å². The molecule has 7 heteroatoms. The number of sulfonamides is 1. The second kappa shape index (κ2) is 4.73. The van der Waals surface area contributed by atoms with Gasteiger partial charge in [0.15, 0.2) is 5.82 Å². The number of rotatable bonds is 5. The standard InChI is InChI=1S/C10H17N3O3S/c1-3-4-5-17(14,15)13-6-9(7-13)10-11-8(2)12-16-10/h9H,3-7H2,1-2H3. The van der Waals surface area contributed by atoms with Crippen molar-refractivity contribution >= 4 is 10.0 Å². The lowest BCUT2D eigenvalue weighted by atomic mass is 10.0. The molecule has 0 amide bonds. The summed E-state index contributed by atoms with van der Waals surface area (Å²) in [6.07, 6.45) is 1.60. The summed E-state index contributed by atoms with van der Waals surface area (Å²) in [6, 6.07) is 0. The van der Waals surface area contributed by atoms with Crippen molar-refractivity contribution in [2.24, 2.45) is 0 Å². The molecular formula is C10H17N3O3S. The molecule has 0 radical (unpaired) electrons. The average Bonchev–Trinajstić information content (AvgIpc) is 2.59. The highest BCUT2D eigenvalue weighted by Crippen LogP contribution is 2.28. The van der Waals surface area contributed by atoms with Gasteiger partial charge in [-0.05, 0) is 13.3 Å². The molecule has 0 bridgehead atoms. The van der Waals surface area contributed by atoms with Crippen molar-refractivity contribution in [3.05, 3.63) is 11.7 Å². The second-order valence-corrected chi connectivity index (χ2v) is 6.45. The van der Waals surface area contributed by atoms with E-state index in [-0.39, 0.29) is 11.7 Å². The highest BCUT2D eigenvalue weighted by molar-refractivity contribution is 7.89. The molecule has 1 aromatic heterocycles. The van der Waals surface area contributed by atoms with E-state index in [0.717, 1.165) is 6.42 Å². The quantitative estimate of drug-likeness (QED) is 0.785. The first-order chi connectivity index (χ1) is 8.03. The van der Waals surface area contributed by atoms with E-state index in [4.69, 9.17) is 4.52 Å². The summed E-state index contributed by atoms with van der Waals surface area (Å²) < 4.78 is 30.1. The van der Waals surface area contributed by atoms with Gasteiger partial charge in [-0.3, -0.25) is 0 Å². The largest absolute Gasteiger partial charge is 0.339 e. The third-order valence-electron chi connectivity index (χ3n) is 2.89. The average molecular weight is 259 g/mol. The van der Waals surface area contributed by atoms with E-state index in [1.54, 1.807) is 6.92 Å². The molecule has 0 aliphatic carbocycles. The van der Waals surface area contributed by atoms with Gasteiger partial charge >= 0.3 is 0 Å². The first-order valence-corrected chi connectivity index (χ1v) is 7.42. The van der Waals surface area contributed by atoms with Crippen molar-refractivity contribution in [1.82, 2.24) is 14.4 Å². The molecule has 1 fully saturated rings. The molecule has 96 valence electrons. The normalized spacial score (nSPS) is 18.2. The minimum Gasteiger partial charge on any atom is -0.339 e. The van der Waals surface area contributed by atoms with Gasteiger partial charge in [0.05, 0.1) is 11.7 Å². The van der Waals surface area contributed by atoms with Crippen LogP contribution in [0.25, 0.3) is 0 Å². The monoisotopic (exact) mass is 259 g/mol. The van der Waals surface area contributed by atoms with Crippen molar-refractivity contribution in [3.8, 4) is 0 Å². The number of nitrogens with zero attached hydrogens (tertiary/aromatic N) is 3. The maximum Gasteiger partial charge on any atom is 0.232 e. The first-order valence-electron chi connectivity index (χ1n) is 5.81. The Morgan fingerprint density at radius 2 is 2.18 bits per heavy atom. The molecule has 1 saturated heterocycles. The van der Waals surface area contributed by atoms with Crippen molar-refractivity contribution in [2.75, 3.05) is 18.8 Å². The topological polar surface area (TPSA) is 76.3 Å². The van der Waals surface area contributed by atoms with Crippen molar-refractivity contribution < 1.29 is 12.9 Å². The van der Waals surface area contributed by atoms with Gasteiger partial charge < -0.3 is 4.52 Å². The number of hydrogen-bond donors (Lipinski definition) is 0. The molecule has 0 saturated carbocycles. The predicted octanol–water partition coefficient (Wildman–Crippen LogP) is 0.907. The van der Waals surface area contributed by atoms with Crippen LogP contribution in [0.2, 0.25) is 0 Å². The predicted molar refractivity (Wildman–Crippen MR) is 62.0 cm³/mol. The fourth-order valence-electron chi connectivity index (χ4n) is 1.76. The summed E-state index contributed by atoms with van der Waals surface area (Å²) in [5, 5.41) is 3.70. The summed E-state index contributed by atoms with van der Waals surface area (Å²) >= 11 is 0. The summed E-state index contributed by atoms with van der Waals surface area (Å²) in [5.74, 6) is 1.43. The van der Waals surface area contributed by atoms with Gasteiger partial charge in [0.2, 0.25) is 15.9 Å². The third-order valence-corrected chi connectivity index (χ3v) is 4.78. The van der Waals surface area contributed by atoms with E-state index < -0.39 is 10.0 Å². The molecule has 0 spiro atoms. The number of hydrogen-bond acceptors (Lipinski definition) is 5. The Kier molecular flexibility index (Phi) is 3.48. The van der Waals surface area contributed by atoms with Crippen LogP contribution in [0, 0.1) is 6.92 Å². The summed E-state index contributed by atoms with van der Waals surface area (Å²) in [5.41, 5.74) is 0. The Morgan fingerprint density at radius 1 is 1.47 bits per heavy atom. The van der Waals surface area contributed by atoms with Gasteiger partial charge in [-0.2, -0.15) is 4.98 Å². The van der Waals surface area contributed by atoms with Gasteiger partial charge in [0.1, 0.15) is 0 Å². The molecule has 17 heavy (non-hydrogen) atoms. The zero-order valence-corrected chi connectivity index (χ0v) is 10.9. The fourth-order valence-corrected chi connectivity index (χ4v) is 3.48. The Labute approximate surface area is 101 Å². The van der Waals surface area contributed by atoms with Crippen molar-refractivity contribution in [3.63, 3.8) is 0 Å². The van der Waals surface area contributed by atoms with E-state index >= 15 is 0 Å². The van der Waals surface area contributed by atoms with Crippen LogP contribution >= 0.6 is 0 Å². The second-order valence-electron chi connectivity index (χ2n) is 4.36. The molecular weight excluding hydrogens is 242 g/mol. The highest BCUT2D eigenvalue weighted by Gasteiger charge is 2.38. The third kappa shape index (κ3) is 2.66. The van der Waals surface area contributed by atoms with Gasteiger partial charge in [-0.1, -0.05) is 18.5 Å². The summed E-state index contributed by atoms with van der Waals surface area (Å²) in [7, 11) is -3.08. The molecule has 0 unspecified atom stereocenters. The Balaban J connectivity index is 1.90. The molecule has 2 rings (SSSR count). The Bertz CT molecular complexity index is 477. The van der Waals surface area contributed by atoms with E-state index in [0.29, 0.717) is 31.2 Å². The van der Waals surface area contributed by atoms with Crippen LogP contribution in [-0.4, -0.2) is 41.7 Å². The van der Waals surface area contributed by atoms with E-state index in [2.05, 4.69) is 10.1 Å². The van der Waals surface area contributed by atoms with Crippen LogP contribution < -0.4 is 0 Å². The van der Waals surface area contributed by atoms with E-state index in [9.17, 15) is 8.42 Å². The maximum atomic E-state index is 11.8. The smallest absolute Gasteiger partial charge is 0.232 e. The molecule has 1 aliphatic rings. The molecule has 6 nitrogen and oxygen atoms in total. The molecule has 1 aromatic rings. The number of unbranched alkanes of at least 4 members (excludes halogenated alkanes) is 1. The molecule has 0 N–H and O–H groups in total. The molecule has 2 heterocycles. The van der Waals surface area contributed by atoms with Crippen molar-refractivity contribution in [2.45, 2.75) is 32.6 Å². The van der Waals surface area contributed by atoms with Gasteiger partial charge in [-0.25, -0.2) is 12.7 Å². The van der Waals surface area contributed by atoms with E-state index in [1.807, 2.05) is 6.92 Å². The summed E-state index contributed by atoms with van der Waals surface area (Å²) in [6.45, 7) is 4.67. The summed E-state index contributed by atoms with van der Waals surface area (Å²) in [4.78, 5) is 4.11. The van der Waals surface area contributed by atoms with Crippen LogP contribution in [0.4, 0.5) is 0 Å². The Morgan fingerprint density at radius 3 is 2.71 bits per heavy atom. The van der Waals surface area contributed by atoms with Crippen LogP contribution in [-0.2, 0) is 10.0 Å². The van der Waals surface area contributed by atoms with Gasteiger partial charge in [0.25, 0.3) is 0 Å². The zero-order valence-electron chi connectivity index (χ0n) is 10.1. The van der Waals surface area contributed by atoms with Crippen LogP contribution in [0.1, 0.15) is 37.4 Å². The molecule has 1 aliphatic heterocycles. The van der Waals surface area contributed by atoms with Crippen LogP contribution in [0.3, 0.4) is 0 Å². The van der Waals surface area contributed by atoms with Gasteiger partial charge in [-0.15, -0.1) is 0 Å². The van der Waals surface area contributed by atoms with Crippen LogP contribution in [0.5, 0.6) is 0 Å². The van der Waals surface area contributed by atoms with E-state index in [1.165, 1.54) is 4.31 Å². The highest BCUT2D eigenvalue weighted by atomic mass is 32.2. The molecule has 0 aromatic carbocycles.